The first-order valence-electron chi connectivity index (χ1n) is 10.2. The van der Waals surface area contributed by atoms with Crippen LogP contribution in [0.3, 0.4) is 0 Å². The van der Waals surface area contributed by atoms with Gasteiger partial charge in [0.2, 0.25) is 0 Å². The monoisotopic (exact) mass is 413 g/mol. The van der Waals surface area contributed by atoms with Gasteiger partial charge < -0.3 is 10.3 Å². The molecule has 1 saturated carbocycles. The third-order valence-electron chi connectivity index (χ3n) is 5.41. The molecule has 0 saturated heterocycles. The smallest absolute Gasteiger partial charge is 0.251 e. The molecule has 3 aromatic carbocycles. The van der Waals surface area contributed by atoms with E-state index in [1.165, 1.54) is 24.3 Å². The van der Waals surface area contributed by atoms with E-state index in [-0.39, 0.29) is 23.9 Å². The third kappa shape index (κ3) is 4.23. The van der Waals surface area contributed by atoms with Gasteiger partial charge in [-0.25, -0.2) is 9.37 Å². The predicted molar refractivity (Wildman–Crippen MR) is 116 cm³/mol. The average molecular weight is 413 g/mol. The first-order valence-corrected chi connectivity index (χ1v) is 10.2. The number of imidazole rings is 1. The topological polar surface area (TPSA) is 74.8 Å². The zero-order chi connectivity index (χ0) is 21.4. The highest BCUT2D eigenvalue weighted by Crippen LogP contribution is 2.23. The molecular weight excluding hydrogens is 393 g/mol. The fourth-order valence-corrected chi connectivity index (χ4v) is 3.50. The van der Waals surface area contributed by atoms with Crippen LogP contribution in [-0.4, -0.2) is 27.7 Å². The summed E-state index contributed by atoms with van der Waals surface area (Å²) >= 11 is 0. The van der Waals surface area contributed by atoms with Gasteiger partial charge in [-0.05, 0) is 66.9 Å². The molecule has 1 aliphatic carbocycles. The van der Waals surface area contributed by atoms with Gasteiger partial charge in [0.25, 0.3) is 5.91 Å². The molecule has 2 N–H and O–H groups in total. The molecular formula is C25H20FN3O2. The molecule has 6 heteroatoms. The second-order valence-corrected chi connectivity index (χ2v) is 7.87. The molecule has 1 heterocycles. The van der Waals surface area contributed by atoms with E-state index >= 15 is 0 Å². The maximum atomic E-state index is 13.1. The molecule has 4 aromatic rings. The fourth-order valence-electron chi connectivity index (χ4n) is 3.50. The Hall–Kier alpha value is -3.80. The molecule has 1 fully saturated rings. The number of ketones is 1. The van der Waals surface area contributed by atoms with Crippen molar-refractivity contribution in [1.82, 2.24) is 15.3 Å². The number of fused-ring (bicyclic) bond motifs is 1. The van der Waals surface area contributed by atoms with Crippen molar-refractivity contribution < 1.29 is 14.0 Å². The van der Waals surface area contributed by atoms with Gasteiger partial charge in [-0.2, -0.15) is 0 Å². The maximum Gasteiger partial charge on any atom is 0.251 e. The van der Waals surface area contributed by atoms with Crippen LogP contribution in [0.2, 0.25) is 0 Å². The van der Waals surface area contributed by atoms with Crippen LogP contribution in [0.1, 0.15) is 39.1 Å². The summed E-state index contributed by atoms with van der Waals surface area (Å²) in [6.07, 6.45) is 2.33. The molecule has 0 radical (unpaired) electrons. The van der Waals surface area contributed by atoms with E-state index in [1.54, 1.807) is 12.1 Å². The number of nitrogens with zero attached hydrogens (tertiary/aromatic N) is 1. The van der Waals surface area contributed by atoms with Gasteiger partial charge in [0.1, 0.15) is 11.6 Å². The number of carbonyl (C=O) groups excluding carboxylic acids is 2. The number of aromatic amines is 1. The number of hydrogen-bond acceptors (Lipinski definition) is 3. The van der Waals surface area contributed by atoms with Gasteiger partial charge >= 0.3 is 0 Å². The molecule has 0 atom stereocenters. The normalized spacial score (nSPS) is 13.3. The second-order valence-electron chi connectivity index (χ2n) is 7.87. The summed E-state index contributed by atoms with van der Waals surface area (Å²) < 4.78 is 13.1. The minimum Gasteiger partial charge on any atom is -0.349 e. The molecule has 0 aliphatic heterocycles. The SMILES string of the molecule is O=C(Cc1ccc2nc(-c3ccc(C(=O)NC4CC4)cc3)[nH]c2c1)c1ccc(F)cc1. The second kappa shape index (κ2) is 7.80. The van der Waals surface area contributed by atoms with Crippen LogP contribution in [0, 0.1) is 5.82 Å². The standard InChI is InChI=1S/C25H20FN3O2/c26-19-8-6-16(7-9-19)23(30)14-15-1-12-21-22(13-15)29-24(28-21)17-2-4-18(5-3-17)25(31)27-20-10-11-20/h1-9,12-13,20H,10-11,14H2,(H,27,31)(H,28,29). The van der Waals surface area contributed by atoms with Crippen LogP contribution >= 0.6 is 0 Å². The minimum absolute atomic E-state index is 0.0471. The first-order chi connectivity index (χ1) is 15.0. The Morgan fingerprint density at radius 3 is 2.39 bits per heavy atom. The lowest BCUT2D eigenvalue weighted by molar-refractivity contribution is 0.0949. The Kier molecular flexibility index (Phi) is 4.82. The van der Waals surface area contributed by atoms with Crippen molar-refractivity contribution in [2.24, 2.45) is 0 Å². The van der Waals surface area contributed by atoms with Crippen molar-refractivity contribution in [3.8, 4) is 11.4 Å². The van der Waals surface area contributed by atoms with Crippen molar-refractivity contribution in [1.29, 1.82) is 0 Å². The molecule has 154 valence electrons. The highest BCUT2D eigenvalue weighted by molar-refractivity contribution is 5.98. The number of hydrogen-bond donors (Lipinski definition) is 2. The molecule has 1 amide bonds. The summed E-state index contributed by atoms with van der Waals surface area (Å²) in [5.74, 6) is 0.221. The Labute approximate surface area is 178 Å². The first kappa shape index (κ1) is 19.2. The van der Waals surface area contributed by atoms with Crippen LogP contribution in [0.25, 0.3) is 22.4 Å². The van der Waals surface area contributed by atoms with Crippen LogP contribution in [0.15, 0.2) is 66.7 Å². The Bertz CT molecular complexity index is 1270. The number of carbonyl (C=O) groups is 2. The summed E-state index contributed by atoms with van der Waals surface area (Å²) in [5, 5.41) is 2.98. The number of rotatable bonds is 6. The zero-order valence-electron chi connectivity index (χ0n) is 16.7. The van der Waals surface area contributed by atoms with E-state index < -0.39 is 0 Å². The van der Waals surface area contributed by atoms with Crippen molar-refractivity contribution in [3.63, 3.8) is 0 Å². The van der Waals surface area contributed by atoms with Crippen LogP contribution in [-0.2, 0) is 6.42 Å². The number of H-pyrrole nitrogens is 1. The van der Waals surface area contributed by atoms with Crippen molar-refractivity contribution in [2.45, 2.75) is 25.3 Å². The highest BCUT2D eigenvalue weighted by atomic mass is 19.1. The van der Waals surface area contributed by atoms with Crippen molar-refractivity contribution >= 4 is 22.7 Å². The molecule has 31 heavy (non-hydrogen) atoms. The van der Waals surface area contributed by atoms with E-state index in [1.807, 2.05) is 30.3 Å². The largest absolute Gasteiger partial charge is 0.349 e. The van der Waals surface area contributed by atoms with Gasteiger partial charge in [0, 0.05) is 29.2 Å². The molecule has 1 aliphatic rings. The fraction of sp³-hybridized carbons (Fsp3) is 0.160. The van der Waals surface area contributed by atoms with Gasteiger partial charge in [-0.3, -0.25) is 9.59 Å². The van der Waals surface area contributed by atoms with E-state index in [4.69, 9.17) is 0 Å². The number of aromatic nitrogens is 2. The van der Waals surface area contributed by atoms with Crippen molar-refractivity contribution in [2.75, 3.05) is 0 Å². The number of nitrogens with one attached hydrogen (secondary N) is 2. The summed E-state index contributed by atoms with van der Waals surface area (Å²) in [6.45, 7) is 0. The van der Waals surface area contributed by atoms with Gasteiger partial charge in [-0.1, -0.05) is 18.2 Å². The van der Waals surface area contributed by atoms with Crippen LogP contribution < -0.4 is 5.32 Å². The summed E-state index contributed by atoms with van der Waals surface area (Å²) in [5.41, 5.74) is 4.47. The molecule has 5 nitrogen and oxygen atoms in total. The number of halogens is 1. The minimum atomic E-state index is -0.362. The molecule has 1 aromatic heterocycles. The molecule has 5 rings (SSSR count). The van der Waals surface area contributed by atoms with Crippen molar-refractivity contribution in [3.05, 3.63) is 89.2 Å². The van der Waals surface area contributed by atoms with E-state index in [0.29, 0.717) is 23.0 Å². The quantitative estimate of drug-likeness (QED) is 0.451. The molecule has 0 unspecified atom stereocenters. The van der Waals surface area contributed by atoms with Crippen LogP contribution in [0.5, 0.6) is 0 Å². The predicted octanol–water partition coefficient (Wildman–Crippen LogP) is 4.69. The van der Waals surface area contributed by atoms with E-state index in [2.05, 4.69) is 15.3 Å². The van der Waals surface area contributed by atoms with Gasteiger partial charge in [-0.15, -0.1) is 0 Å². The number of amides is 1. The Balaban J connectivity index is 1.33. The lowest BCUT2D eigenvalue weighted by Crippen LogP contribution is -2.25. The number of Topliss-reactive ketones (excluding diaryl/α,β-unsaturated/α-hetero) is 1. The Morgan fingerprint density at radius 2 is 1.68 bits per heavy atom. The summed E-state index contributed by atoms with van der Waals surface area (Å²) in [7, 11) is 0. The lowest BCUT2D eigenvalue weighted by Gasteiger charge is -2.03. The highest BCUT2D eigenvalue weighted by Gasteiger charge is 2.23. The maximum absolute atomic E-state index is 13.1. The summed E-state index contributed by atoms with van der Waals surface area (Å²) in [6, 6.07) is 18.9. The van der Waals surface area contributed by atoms with Crippen LogP contribution in [0.4, 0.5) is 4.39 Å². The van der Waals surface area contributed by atoms with Gasteiger partial charge in [0.15, 0.2) is 5.78 Å². The van der Waals surface area contributed by atoms with Gasteiger partial charge in [0.05, 0.1) is 11.0 Å². The van der Waals surface area contributed by atoms with E-state index in [9.17, 15) is 14.0 Å². The summed E-state index contributed by atoms with van der Waals surface area (Å²) in [4.78, 5) is 32.5. The Morgan fingerprint density at radius 1 is 0.968 bits per heavy atom. The number of benzene rings is 3. The molecule has 0 bridgehead atoms. The zero-order valence-corrected chi connectivity index (χ0v) is 16.7. The molecule has 0 spiro atoms. The third-order valence-corrected chi connectivity index (χ3v) is 5.41. The lowest BCUT2D eigenvalue weighted by atomic mass is 10.0. The van der Waals surface area contributed by atoms with E-state index in [0.717, 1.165) is 35.0 Å². The average Bonchev–Trinajstić information content (AvgIpc) is 3.49.